The number of benzene rings is 1. The van der Waals surface area contributed by atoms with Gasteiger partial charge in [-0.1, -0.05) is 30.3 Å². The third kappa shape index (κ3) is 5.29. The van der Waals surface area contributed by atoms with Crippen LogP contribution in [-0.2, 0) is 4.79 Å². The molecular weight excluding hydrogens is 228 g/mol. The van der Waals surface area contributed by atoms with Crippen molar-refractivity contribution in [2.45, 2.75) is 31.8 Å². The van der Waals surface area contributed by atoms with Gasteiger partial charge in [0.25, 0.3) is 0 Å². The highest BCUT2D eigenvalue weighted by molar-refractivity contribution is 5.76. The van der Waals surface area contributed by atoms with Crippen molar-refractivity contribution in [1.82, 2.24) is 5.32 Å². The fourth-order valence-electron chi connectivity index (χ4n) is 1.93. The highest BCUT2D eigenvalue weighted by Crippen LogP contribution is 2.20. The lowest BCUT2D eigenvalue weighted by Crippen LogP contribution is -2.30. The minimum atomic E-state index is -0.387. The van der Waals surface area contributed by atoms with Crippen LogP contribution in [0.2, 0.25) is 0 Å². The number of carbonyl (C=O) groups excluding carboxylic acids is 1. The summed E-state index contributed by atoms with van der Waals surface area (Å²) in [5.41, 5.74) is 6.46. The minimum absolute atomic E-state index is 0.0379. The molecular formula is C14H22N2O2. The van der Waals surface area contributed by atoms with Gasteiger partial charge in [-0.15, -0.1) is 0 Å². The Morgan fingerprint density at radius 1 is 1.39 bits per heavy atom. The first-order chi connectivity index (χ1) is 8.63. The summed E-state index contributed by atoms with van der Waals surface area (Å²) in [6, 6.07) is 9.92. The number of nitrogens with one attached hydrogen (secondary N) is 1. The Labute approximate surface area is 108 Å². The maximum atomic E-state index is 11.4. The molecule has 0 saturated heterocycles. The van der Waals surface area contributed by atoms with E-state index in [1.54, 1.807) is 6.92 Å². The van der Waals surface area contributed by atoms with E-state index in [2.05, 4.69) is 5.32 Å². The van der Waals surface area contributed by atoms with Crippen molar-refractivity contribution in [2.24, 2.45) is 5.73 Å². The van der Waals surface area contributed by atoms with Gasteiger partial charge in [-0.2, -0.15) is 0 Å². The van der Waals surface area contributed by atoms with Gasteiger partial charge in [0.15, 0.2) is 0 Å². The summed E-state index contributed by atoms with van der Waals surface area (Å²) in [7, 11) is 0. The van der Waals surface area contributed by atoms with Crippen LogP contribution in [0.5, 0.6) is 0 Å². The maximum absolute atomic E-state index is 11.4. The monoisotopic (exact) mass is 250 g/mol. The number of hydrogen-bond acceptors (Lipinski definition) is 3. The van der Waals surface area contributed by atoms with Crippen molar-refractivity contribution in [2.75, 3.05) is 13.1 Å². The van der Waals surface area contributed by atoms with Gasteiger partial charge in [0.2, 0.25) is 5.91 Å². The van der Waals surface area contributed by atoms with E-state index in [1.165, 1.54) is 0 Å². The molecule has 0 spiro atoms. The van der Waals surface area contributed by atoms with Crippen LogP contribution < -0.4 is 11.1 Å². The Kier molecular flexibility index (Phi) is 6.39. The van der Waals surface area contributed by atoms with E-state index in [-0.39, 0.29) is 17.9 Å². The molecule has 0 aromatic heterocycles. The van der Waals surface area contributed by atoms with E-state index in [1.807, 2.05) is 30.3 Å². The maximum Gasteiger partial charge on any atom is 0.221 e. The summed E-state index contributed by atoms with van der Waals surface area (Å²) in [5, 5.41) is 12.4. The van der Waals surface area contributed by atoms with E-state index < -0.39 is 0 Å². The van der Waals surface area contributed by atoms with Gasteiger partial charge >= 0.3 is 0 Å². The van der Waals surface area contributed by atoms with Crippen LogP contribution in [0, 0.1) is 0 Å². The second-order valence-corrected chi connectivity index (χ2v) is 4.54. The number of aliphatic hydroxyl groups excluding tert-OH is 1. The number of amides is 1. The topological polar surface area (TPSA) is 75.3 Å². The van der Waals surface area contributed by atoms with Crippen LogP contribution in [0.25, 0.3) is 0 Å². The van der Waals surface area contributed by atoms with E-state index in [0.717, 1.165) is 5.56 Å². The lowest BCUT2D eigenvalue weighted by Gasteiger charge is -2.19. The second kappa shape index (κ2) is 7.84. The zero-order valence-electron chi connectivity index (χ0n) is 10.8. The van der Waals surface area contributed by atoms with Crippen LogP contribution in [0.1, 0.15) is 31.2 Å². The lowest BCUT2D eigenvalue weighted by atomic mass is 9.93. The van der Waals surface area contributed by atoms with Gasteiger partial charge in [0, 0.05) is 25.4 Å². The summed E-state index contributed by atoms with van der Waals surface area (Å²) in [4.78, 5) is 11.4. The van der Waals surface area contributed by atoms with E-state index in [0.29, 0.717) is 25.9 Å². The molecule has 1 amide bonds. The zero-order valence-corrected chi connectivity index (χ0v) is 10.8. The molecule has 2 unspecified atom stereocenters. The molecule has 4 N–H and O–H groups in total. The first kappa shape index (κ1) is 14.7. The molecule has 18 heavy (non-hydrogen) atoms. The van der Waals surface area contributed by atoms with E-state index in [4.69, 9.17) is 5.73 Å². The average Bonchev–Trinajstić information content (AvgIpc) is 2.35. The predicted octanol–water partition coefficient (Wildman–Crippen LogP) is 1.01. The molecule has 4 heteroatoms. The van der Waals surface area contributed by atoms with Crippen LogP contribution in [0.15, 0.2) is 30.3 Å². The predicted molar refractivity (Wildman–Crippen MR) is 72.2 cm³/mol. The van der Waals surface area contributed by atoms with Crippen molar-refractivity contribution < 1.29 is 9.90 Å². The van der Waals surface area contributed by atoms with Crippen LogP contribution in [-0.4, -0.2) is 30.2 Å². The van der Waals surface area contributed by atoms with E-state index >= 15 is 0 Å². The molecule has 1 aromatic carbocycles. The quantitative estimate of drug-likeness (QED) is 0.676. The fraction of sp³-hybridized carbons (Fsp3) is 0.500. The molecule has 0 heterocycles. The Hall–Kier alpha value is -1.39. The molecule has 0 aliphatic rings. The Morgan fingerprint density at radius 3 is 2.61 bits per heavy atom. The number of aliphatic hydroxyl groups is 1. The Bertz CT molecular complexity index is 352. The molecule has 0 radical (unpaired) electrons. The van der Waals surface area contributed by atoms with Gasteiger partial charge < -0.3 is 16.2 Å². The summed E-state index contributed by atoms with van der Waals surface area (Å²) < 4.78 is 0. The summed E-state index contributed by atoms with van der Waals surface area (Å²) >= 11 is 0. The molecule has 1 aromatic rings. The molecule has 0 saturated carbocycles. The highest BCUT2D eigenvalue weighted by atomic mass is 16.3. The Balaban J connectivity index is 2.59. The second-order valence-electron chi connectivity index (χ2n) is 4.54. The molecule has 0 fully saturated rings. The van der Waals surface area contributed by atoms with Gasteiger partial charge in [0.05, 0.1) is 6.10 Å². The smallest absolute Gasteiger partial charge is 0.221 e. The Morgan fingerprint density at radius 2 is 2.06 bits per heavy atom. The van der Waals surface area contributed by atoms with Crippen LogP contribution >= 0.6 is 0 Å². The first-order valence-electron chi connectivity index (χ1n) is 6.33. The minimum Gasteiger partial charge on any atom is -0.393 e. The number of carbonyl (C=O) groups is 1. The third-order valence-corrected chi connectivity index (χ3v) is 2.81. The van der Waals surface area contributed by atoms with Gasteiger partial charge in [-0.05, 0) is 18.9 Å². The molecule has 2 atom stereocenters. The van der Waals surface area contributed by atoms with Crippen molar-refractivity contribution in [1.29, 1.82) is 0 Å². The van der Waals surface area contributed by atoms with Gasteiger partial charge in [-0.25, -0.2) is 0 Å². The van der Waals surface area contributed by atoms with Crippen molar-refractivity contribution in [3.63, 3.8) is 0 Å². The number of hydrogen-bond donors (Lipinski definition) is 3. The lowest BCUT2D eigenvalue weighted by molar-refractivity contribution is -0.121. The summed E-state index contributed by atoms with van der Waals surface area (Å²) in [5.74, 6) is 0.0944. The van der Waals surface area contributed by atoms with Crippen molar-refractivity contribution >= 4 is 5.91 Å². The molecule has 4 nitrogen and oxygen atoms in total. The molecule has 1 rings (SSSR count). The third-order valence-electron chi connectivity index (χ3n) is 2.81. The van der Waals surface area contributed by atoms with Crippen LogP contribution in [0.3, 0.4) is 0 Å². The average molecular weight is 250 g/mol. The zero-order chi connectivity index (χ0) is 13.4. The molecule has 0 aliphatic heterocycles. The van der Waals surface area contributed by atoms with Gasteiger partial charge in [0.1, 0.15) is 0 Å². The van der Waals surface area contributed by atoms with Gasteiger partial charge in [-0.3, -0.25) is 4.79 Å². The van der Waals surface area contributed by atoms with Crippen LogP contribution in [0.4, 0.5) is 0 Å². The number of nitrogens with two attached hydrogens (primary N) is 1. The first-order valence-corrected chi connectivity index (χ1v) is 6.33. The summed E-state index contributed by atoms with van der Waals surface area (Å²) in [6.07, 6.45) is 0.588. The van der Waals surface area contributed by atoms with Crippen molar-refractivity contribution in [3.05, 3.63) is 35.9 Å². The summed E-state index contributed by atoms with van der Waals surface area (Å²) in [6.45, 7) is 2.66. The normalized spacial score (nSPS) is 13.9. The van der Waals surface area contributed by atoms with E-state index in [9.17, 15) is 9.90 Å². The molecule has 0 bridgehead atoms. The molecule has 0 aliphatic carbocycles. The standard InChI is InChI=1S/C14H22N2O2/c1-11(17)9-13(10-16-14(18)7-8-15)12-5-3-2-4-6-12/h2-6,11,13,17H,7-10,15H2,1H3,(H,16,18). The van der Waals surface area contributed by atoms with Crippen molar-refractivity contribution in [3.8, 4) is 0 Å². The fourth-order valence-corrected chi connectivity index (χ4v) is 1.93. The molecule has 100 valence electrons. The largest absolute Gasteiger partial charge is 0.393 e. The number of rotatable bonds is 7. The highest BCUT2D eigenvalue weighted by Gasteiger charge is 2.14. The SMILES string of the molecule is CC(O)CC(CNC(=O)CCN)c1ccccc1.